The summed E-state index contributed by atoms with van der Waals surface area (Å²) >= 11 is 8.40. The van der Waals surface area contributed by atoms with Gasteiger partial charge in [0, 0.05) is 21.2 Å². The van der Waals surface area contributed by atoms with Crippen molar-refractivity contribution in [3.63, 3.8) is 0 Å². The molecule has 1 aliphatic heterocycles. The van der Waals surface area contributed by atoms with Crippen LogP contribution in [0.5, 0.6) is 0 Å². The van der Waals surface area contributed by atoms with Crippen molar-refractivity contribution in [1.82, 2.24) is 4.31 Å². The molecule has 116 valence electrons. The van der Waals surface area contributed by atoms with Crippen molar-refractivity contribution < 1.29 is 8.42 Å². The Morgan fingerprint density at radius 3 is 2.09 bits per heavy atom. The summed E-state index contributed by atoms with van der Waals surface area (Å²) in [6.07, 6.45) is 0. The van der Waals surface area contributed by atoms with Crippen molar-refractivity contribution in [3.05, 3.63) is 63.0 Å². The van der Waals surface area contributed by atoms with Crippen molar-refractivity contribution in [1.29, 1.82) is 0 Å². The standard InChI is InChI=1S/C15H13Br2NO2S2/c16-12-3-1-11(2-4-12)15-18(9-10-21-15)22(19,20)14-7-5-13(17)6-8-14/h1-8,15H,9-10H2/t15-/m0/s1. The third-order valence-corrected chi connectivity index (χ3v) is 7.75. The molecule has 0 spiro atoms. The zero-order valence-electron chi connectivity index (χ0n) is 11.4. The topological polar surface area (TPSA) is 37.4 Å². The maximum atomic E-state index is 12.9. The second kappa shape index (κ2) is 6.65. The van der Waals surface area contributed by atoms with E-state index < -0.39 is 10.0 Å². The Hall–Kier alpha value is -0.340. The van der Waals surface area contributed by atoms with Crippen molar-refractivity contribution in [2.75, 3.05) is 12.3 Å². The van der Waals surface area contributed by atoms with Crippen LogP contribution in [0.15, 0.2) is 62.4 Å². The van der Waals surface area contributed by atoms with Gasteiger partial charge in [0.05, 0.1) is 10.3 Å². The summed E-state index contributed by atoms with van der Waals surface area (Å²) < 4.78 is 29.2. The molecule has 0 amide bonds. The molecule has 0 radical (unpaired) electrons. The first-order valence-corrected chi connectivity index (χ1v) is 10.7. The van der Waals surface area contributed by atoms with Crippen molar-refractivity contribution >= 4 is 53.6 Å². The Morgan fingerprint density at radius 2 is 1.50 bits per heavy atom. The van der Waals surface area contributed by atoms with Crippen LogP contribution in [0, 0.1) is 0 Å². The minimum absolute atomic E-state index is 0.165. The molecule has 1 saturated heterocycles. The van der Waals surface area contributed by atoms with Gasteiger partial charge in [-0.1, -0.05) is 44.0 Å². The molecule has 1 atom stereocenters. The lowest BCUT2D eigenvalue weighted by molar-refractivity contribution is 0.434. The van der Waals surface area contributed by atoms with Crippen molar-refractivity contribution in [3.8, 4) is 0 Å². The Morgan fingerprint density at radius 1 is 0.955 bits per heavy atom. The monoisotopic (exact) mass is 461 g/mol. The summed E-state index contributed by atoms with van der Waals surface area (Å²) in [7, 11) is -3.48. The van der Waals surface area contributed by atoms with Crippen LogP contribution in [0.1, 0.15) is 10.9 Å². The predicted molar refractivity (Wildman–Crippen MR) is 97.4 cm³/mol. The molecular formula is C15H13Br2NO2S2. The first-order valence-electron chi connectivity index (χ1n) is 6.63. The number of halogens is 2. The van der Waals surface area contributed by atoms with Gasteiger partial charge >= 0.3 is 0 Å². The number of benzene rings is 2. The molecule has 2 aromatic rings. The molecule has 1 heterocycles. The summed E-state index contributed by atoms with van der Waals surface area (Å²) in [4.78, 5) is 0.334. The highest BCUT2D eigenvalue weighted by atomic mass is 79.9. The van der Waals surface area contributed by atoms with Gasteiger partial charge in [-0.25, -0.2) is 8.42 Å². The predicted octanol–water partition coefficient (Wildman–Crippen LogP) is 4.65. The molecule has 3 rings (SSSR count). The number of nitrogens with zero attached hydrogens (tertiary/aromatic N) is 1. The Kier molecular flexibility index (Phi) is 4.99. The van der Waals surface area contributed by atoms with Gasteiger partial charge in [0.25, 0.3) is 0 Å². The van der Waals surface area contributed by atoms with Gasteiger partial charge in [0.2, 0.25) is 10.0 Å². The zero-order valence-corrected chi connectivity index (χ0v) is 16.3. The quantitative estimate of drug-likeness (QED) is 0.666. The van der Waals surface area contributed by atoms with Crippen LogP contribution < -0.4 is 0 Å². The molecule has 3 nitrogen and oxygen atoms in total. The Balaban J connectivity index is 1.95. The van der Waals surface area contributed by atoms with Gasteiger partial charge in [-0.15, -0.1) is 11.8 Å². The minimum Gasteiger partial charge on any atom is -0.207 e. The summed E-state index contributed by atoms with van der Waals surface area (Å²) in [6.45, 7) is 0.532. The molecule has 0 saturated carbocycles. The lowest BCUT2D eigenvalue weighted by Crippen LogP contribution is -2.30. The number of hydrogen-bond acceptors (Lipinski definition) is 3. The molecule has 0 unspecified atom stereocenters. The molecule has 2 aromatic carbocycles. The van der Waals surface area contributed by atoms with Crippen LogP contribution in [0.4, 0.5) is 0 Å². The molecule has 0 N–H and O–H groups in total. The third kappa shape index (κ3) is 3.28. The van der Waals surface area contributed by atoms with E-state index in [-0.39, 0.29) is 5.37 Å². The molecule has 0 bridgehead atoms. The van der Waals surface area contributed by atoms with Crippen LogP contribution in [-0.4, -0.2) is 25.0 Å². The van der Waals surface area contributed by atoms with Gasteiger partial charge in [0.15, 0.2) is 0 Å². The highest BCUT2D eigenvalue weighted by molar-refractivity contribution is 9.10. The van der Waals surface area contributed by atoms with E-state index in [0.717, 1.165) is 20.3 Å². The van der Waals surface area contributed by atoms with Crippen LogP contribution in [-0.2, 0) is 10.0 Å². The number of hydrogen-bond donors (Lipinski definition) is 0. The van der Waals surface area contributed by atoms with Crippen LogP contribution in [0.3, 0.4) is 0 Å². The second-order valence-electron chi connectivity index (χ2n) is 4.84. The Bertz CT molecular complexity index is 761. The fourth-order valence-corrected chi connectivity index (χ4v) is 6.10. The molecule has 1 aliphatic rings. The maximum absolute atomic E-state index is 12.9. The molecule has 1 fully saturated rings. The smallest absolute Gasteiger partial charge is 0.207 e. The van der Waals surface area contributed by atoms with Gasteiger partial charge in [-0.05, 0) is 42.0 Å². The summed E-state index contributed by atoms with van der Waals surface area (Å²) in [5.41, 5.74) is 1.01. The first kappa shape index (κ1) is 16.5. The fraction of sp³-hybridized carbons (Fsp3) is 0.200. The van der Waals surface area contributed by atoms with E-state index in [4.69, 9.17) is 0 Å². The second-order valence-corrected chi connectivity index (χ2v) is 9.75. The number of rotatable bonds is 3. The zero-order chi connectivity index (χ0) is 15.7. The summed E-state index contributed by atoms with van der Waals surface area (Å²) in [6, 6.07) is 14.6. The van der Waals surface area contributed by atoms with E-state index in [2.05, 4.69) is 31.9 Å². The lowest BCUT2D eigenvalue weighted by Gasteiger charge is -2.23. The van der Waals surface area contributed by atoms with Crippen LogP contribution >= 0.6 is 43.6 Å². The molecule has 22 heavy (non-hydrogen) atoms. The van der Waals surface area contributed by atoms with Crippen LogP contribution in [0.25, 0.3) is 0 Å². The fourth-order valence-electron chi connectivity index (χ4n) is 2.33. The van der Waals surface area contributed by atoms with E-state index in [1.54, 1.807) is 40.3 Å². The van der Waals surface area contributed by atoms with Gasteiger partial charge in [-0.3, -0.25) is 0 Å². The van der Waals surface area contributed by atoms with Gasteiger partial charge in [-0.2, -0.15) is 4.31 Å². The maximum Gasteiger partial charge on any atom is 0.244 e. The molecule has 7 heteroatoms. The van der Waals surface area contributed by atoms with E-state index in [1.807, 2.05) is 24.3 Å². The van der Waals surface area contributed by atoms with E-state index in [9.17, 15) is 8.42 Å². The SMILES string of the molecule is O=S(=O)(c1ccc(Br)cc1)N1CCS[C@H]1c1ccc(Br)cc1. The van der Waals surface area contributed by atoms with E-state index in [0.29, 0.717) is 11.4 Å². The van der Waals surface area contributed by atoms with Gasteiger partial charge < -0.3 is 0 Å². The molecular weight excluding hydrogens is 450 g/mol. The van der Waals surface area contributed by atoms with E-state index in [1.165, 1.54) is 0 Å². The highest BCUT2D eigenvalue weighted by Gasteiger charge is 2.36. The molecule has 0 aliphatic carbocycles. The third-order valence-electron chi connectivity index (χ3n) is 3.42. The largest absolute Gasteiger partial charge is 0.244 e. The average Bonchev–Trinajstić information content (AvgIpc) is 2.99. The molecule has 0 aromatic heterocycles. The van der Waals surface area contributed by atoms with Crippen molar-refractivity contribution in [2.24, 2.45) is 0 Å². The van der Waals surface area contributed by atoms with Crippen LogP contribution in [0.2, 0.25) is 0 Å². The highest BCUT2D eigenvalue weighted by Crippen LogP contribution is 2.41. The minimum atomic E-state index is -3.48. The van der Waals surface area contributed by atoms with Crippen molar-refractivity contribution in [2.45, 2.75) is 10.3 Å². The summed E-state index contributed by atoms with van der Waals surface area (Å²) in [5, 5.41) is -0.165. The Labute approximate surface area is 151 Å². The average molecular weight is 463 g/mol. The summed E-state index contributed by atoms with van der Waals surface area (Å²) in [5.74, 6) is 0.802. The van der Waals surface area contributed by atoms with E-state index >= 15 is 0 Å². The lowest BCUT2D eigenvalue weighted by atomic mass is 10.2. The number of sulfonamides is 1. The first-order chi connectivity index (χ1) is 10.5. The normalized spacial score (nSPS) is 19.5. The number of thioether (sulfide) groups is 1. The van der Waals surface area contributed by atoms with Gasteiger partial charge in [0.1, 0.15) is 0 Å².